The van der Waals surface area contributed by atoms with Crippen molar-refractivity contribution in [3.8, 4) is 5.75 Å². The van der Waals surface area contributed by atoms with Gasteiger partial charge in [0.05, 0.1) is 18.4 Å². The minimum absolute atomic E-state index is 0.141. The van der Waals surface area contributed by atoms with E-state index in [2.05, 4.69) is 20.8 Å². The monoisotopic (exact) mass is 467 g/mol. The standard InChI is InChI=1S/C24H29N5O3S/c1-5-29-22(17(4)25-23(31)20-10-8-7-9-16(20)3)27-28-24(29)33-15-21(30)26-18-11-13-19(14-12-18)32-6-2/h7-14,17H,5-6,15H2,1-4H3,(H,25,31)(H,26,30)/t17-/m0/s1. The molecule has 8 nitrogen and oxygen atoms in total. The molecule has 1 atom stereocenters. The van der Waals surface area contributed by atoms with E-state index in [1.54, 1.807) is 18.2 Å². The summed E-state index contributed by atoms with van der Waals surface area (Å²) in [5.74, 6) is 1.30. The lowest BCUT2D eigenvalue weighted by molar-refractivity contribution is -0.113. The molecule has 0 bridgehead atoms. The highest BCUT2D eigenvalue weighted by Crippen LogP contribution is 2.22. The molecule has 0 aliphatic rings. The van der Waals surface area contributed by atoms with Gasteiger partial charge in [0, 0.05) is 17.8 Å². The number of benzene rings is 2. The Morgan fingerprint density at radius 2 is 1.82 bits per heavy atom. The first-order valence-corrected chi connectivity index (χ1v) is 11.9. The molecule has 0 radical (unpaired) electrons. The molecule has 0 saturated carbocycles. The van der Waals surface area contributed by atoms with Crippen LogP contribution in [0.4, 0.5) is 5.69 Å². The van der Waals surface area contributed by atoms with E-state index in [0.717, 1.165) is 11.3 Å². The second kappa shape index (κ2) is 11.5. The Kier molecular flexibility index (Phi) is 8.48. The second-order valence-corrected chi connectivity index (χ2v) is 8.33. The summed E-state index contributed by atoms with van der Waals surface area (Å²) >= 11 is 1.31. The van der Waals surface area contributed by atoms with Crippen molar-refractivity contribution in [3.05, 3.63) is 65.5 Å². The molecular weight excluding hydrogens is 438 g/mol. The van der Waals surface area contributed by atoms with E-state index in [9.17, 15) is 9.59 Å². The summed E-state index contributed by atoms with van der Waals surface area (Å²) in [6, 6.07) is 14.4. The largest absolute Gasteiger partial charge is 0.494 e. The fraction of sp³-hybridized carbons (Fsp3) is 0.333. The van der Waals surface area contributed by atoms with Crippen LogP contribution in [0.25, 0.3) is 0 Å². The summed E-state index contributed by atoms with van der Waals surface area (Å²) in [5.41, 5.74) is 2.25. The molecule has 2 amide bonds. The van der Waals surface area contributed by atoms with Crippen molar-refractivity contribution in [2.75, 3.05) is 17.7 Å². The topological polar surface area (TPSA) is 98.1 Å². The number of rotatable bonds is 10. The Hall–Kier alpha value is -3.33. The number of nitrogens with zero attached hydrogens (tertiary/aromatic N) is 3. The molecule has 3 rings (SSSR count). The third-order valence-corrected chi connectivity index (χ3v) is 5.93. The van der Waals surface area contributed by atoms with Crippen LogP contribution in [0.1, 0.15) is 48.6 Å². The van der Waals surface area contributed by atoms with Crippen molar-refractivity contribution in [1.82, 2.24) is 20.1 Å². The number of anilines is 1. The molecule has 0 saturated heterocycles. The van der Waals surface area contributed by atoms with Crippen LogP contribution >= 0.6 is 11.8 Å². The van der Waals surface area contributed by atoms with Crippen LogP contribution < -0.4 is 15.4 Å². The van der Waals surface area contributed by atoms with Crippen molar-refractivity contribution in [3.63, 3.8) is 0 Å². The summed E-state index contributed by atoms with van der Waals surface area (Å²) in [5, 5.41) is 15.0. The highest BCUT2D eigenvalue weighted by atomic mass is 32.2. The van der Waals surface area contributed by atoms with Crippen molar-refractivity contribution in [2.24, 2.45) is 0 Å². The first kappa shape index (κ1) is 24.3. The van der Waals surface area contributed by atoms with E-state index in [-0.39, 0.29) is 23.6 Å². The van der Waals surface area contributed by atoms with Gasteiger partial charge in [-0.15, -0.1) is 10.2 Å². The fourth-order valence-electron chi connectivity index (χ4n) is 3.32. The van der Waals surface area contributed by atoms with Crippen molar-refractivity contribution in [1.29, 1.82) is 0 Å². The molecule has 33 heavy (non-hydrogen) atoms. The van der Waals surface area contributed by atoms with Gasteiger partial charge in [-0.2, -0.15) is 0 Å². The molecule has 9 heteroatoms. The first-order chi connectivity index (χ1) is 15.9. The lowest BCUT2D eigenvalue weighted by Gasteiger charge is -2.16. The number of hydrogen-bond donors (Lipinski definition) is 2. The molecule has 1 aromatic heterocycles. The van der Waals surface area contributed by atoms with Gasteiger partial charge in [0.25, 0.3) is 5.91 Å². The number of ether oxygens (including phenoxy) is 1. The Morgan fingerprint density at radius 3 is 2.48 bits per heavy atom. The third-order valence-electron chi connectivity index (χ3n) is 4.97. The zero-order valence-electron chi connectivity index (χ0n) is 19.3. The van der Waals surface area contributed by atoms with Gasteiger partial charge in [0.1, 0.15) is 5.75 Å². The lowest BCUT2D eigenvalue weighted by Crippen LogP contribution is -2.29. The number of nitrogens with one attached hydrogen (secondary N) is 2. The number of carbonyl (C=O) groups is 2. The van der Waals surface area contributed by atoms with Crippen LogP contribution in [0.15, 0.2) is 53.7 Å². The fourth-order valence-corrected chi connectivity index (χ4v) is 4.13. The number of aryl methyl sites for hydroxylation is 1. The van der Waals surface area contributed by atoms with Crippen LogP contribution in [0.3, 0.4) is 0 Å². The molecule has 0 aliphatic heterocycles. The molecule has 1 heterocycles. The average Bonchev–Trinajstić information content (AvgIpc) is 3.22. The van der Waals surface area contributed by atoms with Gasteiger partial charge < -0.3 is 19.9 Å². The minimum atomic E-state index is -0.336. The van der Waals surface area contributed by atoms with Gasteiger partial charge in [0.2, 0.25) is 5.91 Å². The number of hydrogen-bond acceptors (Lipinski definition) is 6. The average molecular weight is 468 g/mol. The van der Waals surface area contributed by atoms with Gasteiger partial charge in [-0.1, -0.05) is 30.0 Å². The van der Waals surface area contributed by atoms with Gasteiger partial charge in [-0.25, -0.2) is 0 Å². The van der Waals surface area contributed by atoms with Crippen molar-refractivity contribution in [2.45, 2.75) is 45.4 Å². The molecule has 3 aromatic rings. The number of aromatic nitrogens is 3. The Balaban J connectivity index is 1.59. The molecule has 0 fully saturated rings. The van der Waals surface area contributed by atoms with E-state index in [1.165, 1.54) is 11.8 Å². The third kappa shape index (κ3) is 6.35. The summed E-state index contributed by atoms with van der Waals surface area (Å²) in [6.07, 6.45) is 0. The van der Waals surface area contributed by atoms with Crippen molar-refractivity contribution >= 4 is 29.3 Å². The van der Waals surface area contributed by atoms with Gasteiger partial charge >= 0.3 is 0 Å². The summed E-state index contributed by atoms with van der Waals surface area (Å²) in [7, 11) is 0. The minimum Gasteiger partial charge on any atom is -0.494 e. The Morgan fingerprint density at radius 1 is 1.09 bits per heavy atom. The van der Waals surface area contributed by atoms with Crippen LogP contribution in [0.5, 0.6) is 5.75 Å². The molecule has 2 aromatic carbocycles. The maximum Gasteiger partial charge on any atom is 0.252 e. The van der Waals surface area contributed by atoms with E-state index < -0.39 is 0 Å². The highest BCUT2D eigenvalue weighted by Gasteiger charge is 2.20. The van der Waals surface area contributed by atoms with Gasteiger partial charge in [0.15, 0.2) is 11.0 Å². The van der Waals surface area contributed by atoms with Crippen LogP contribution in [0, 0.1) is 6.92 Å². The number of amides is 2. The molecule has 0 aliphatic carbocycles. The summed E-state index contributed by atoms with van der Waals surface area (Å²) in [6.45, 7) is 8.89. The quantitative estimate of drug-likeness (QED) is 0.433. The first-order valence-electron chi connectivity index (χ1n) is 10.9. The summed E-state index contributed by atoms with van der Waals surface area (Å²) < 4.78 is 7.33. The Labute approximate surface area is 198 Å². The van der Waals surface area contributed by atoms with Crippen LogP contribution in [0.2, 0.25) is 0 Å². The second-order valence-electron chi connectivity index (χ2n) is 7.39. The maximum atomic E-state index is 12.7. The molecule has 0 unspecified atom stereocenters. The zero-order valence-corrected chi connectivity index (χ0v) is 20.1. The highest BCUT2D eigenvalue weighted by molar-refractivity contribution is 7.99. The predicted octanol–water partition coefficient (Wildman–Crippen LogP) is 4.23. The molecular formula is C24H29N5O3S. The van der Waals surface area contributed by atoms with Crippen molar-refractivity contribution < 1.29 is 14.3 Å². The van der Waals surface area contributed by atoms with E-state index >= 15 is 0 Å². The smallest absolute Gasteiger partial charge is 0.252 e. The molecule has 0 spiro atoms. The molecule has 2 N–H and O–H groups in total. The predicted molar refractivity (Wildman–Crippen MR) is 130 cm³/mol. The van der Waals surface area contributed by atoms with E-state index in [4.69, 9.17) is 4.74 Å². The zero-order chi connectivity index (χ0) is 23.8. The normalized spacial score (nSPS) is 11.6. The summed E-state index contributed by atoms with van der Waals surface area (Å²) in [4.78, 5) is 25.1. The number of thioether (sulfide) groups is 1. The number of carbonyl (C=O) groups excluding carboxylic acids is 2. The van der Waals surface area contributed by atoms with Gasteiger partial charge in [-0.3, -0.25) is 9.59 Å². The SMILES string of the molecule is CCOc1ccc(NC(=O)CSc2nnc([C@H](C)NC(=O)c3ccccc3C)n2CC)cc1. The van der Waals surface area contributed by atoms with E-state index in [0.29, 0.717) is 35.4 Å². The molecule has 174 valence electrons. The van der Waals surface area contributed by atoms with Gasteiger partial charge in [-0.05, 0) is 63.6 Å². The Bertz CT molecular complexity index is 1100. The lowest BCUT2D eigenvalue weighted by atomic mass is 10.1. The maximum absolute atomic E-state index is 12.7. The van der Waals surface area contributed by atoms with Crippen LogP contribution in [-0.4, -0.2) is 38.9 Å². The van der Waals surface area contributed by atoms with E-state index in [1.807, 2.05) is 62.6 Å². The van der Waals surface area contributed by atoms with Crippen LogP contribution in [-0.2, 0) is 11.3 Å².